The largest absolute Gasteiger partial charge is 0.481 e. The summed E-state index contributed by atoms with van der Waals surface area (Å²) in [5.41, 5.74) is 5.39. The van der Waals surface area contributed by atoms with Gasteiger partial charge in [0.05, 0.1) is 19.1 Å². The summed E-state index contributed by atoms with van der Waals surface area (Å²) < 4.78 is 10.8. The average molecular weight is 246 g/mol. The van der Waals surface area contributed by atoms with E-state index in [9.17, 15) is 9.59 Å². The Morgan fingerprint density at radius 3 is 2.71 bits per heavy atom. The van der Waals surface area contributed by atoms with Crippen LogP contribution in [0, 0.1) is 0 Å². The lowest BCUT2D eigenvalue weighted by molar-refractivity contribution is -0.141. The second-order valence-corrected chi connectivity index (χ2v) is 4.40. The van der Waals surface area contributed by atoms with Crippen LogP contribution in [0.25, 0.3) is 0 Å². The van der Waals surface area contributed by atoms with Gasteiger partial charge in [0.1, 0.15) is 6.10 Å². The van der Waals surface area contributed by atoms with Crippen LogP contribution in [0.5, 0.6) is 0 Å². The van der Waals surface area contributed by atoms with Crippen molar-refractivity contribution < 1.29 is 24.2 Å². The van der Waals surface area contributed by atoms with Gasteiger partial charge in [0.2, 0.25) is 5.91 Å². The van der Waals surface area contributed by atoms with Crippen LogP contribution in [0.3, 0.4) is 0 Å². The van der Waals surface area contributed by atoms with E-state index in [4.69, 9.17) is 20.3 Å². The average Bonchev–Trinajstić information content (AvgIpc) is 2.53. The lowest BCUT2D eigenvalue weighted by atomic mass is 10.2. The first kappa shape index (κ1) is 13.9. The van der Waals surface area contributed by atoms with Gasteiger partial charge in [0.15, 0.2) is 5.79 Å². The number of hydrogen-bond acceptors (Lipinski definition) is 5. The van der Waals surface area contributed by atoms with Gasteiger partial charge >= 0.3 is 5.97 Å². The molecule has 0 aromatic heterocycles. The fraction of sp³-hybridized carbons (Fsp3) is 0.800. The smallest absolute Gasteiger partial charge is 0.305 e. The van der Waals surface area contributed by atoms with Gasteiger partial charge in [0, 0.05) is 6.54 Å². The molecule has 1 heterocycles. The van der Waals surface area contributed by atoms with Crippen molar-refractivity contribution in [2.75, 3.05) is 13.2 Å². The highest BCUT2D eigenvalue weighted by Crippen LogP contribution is 2.21. The van der Waals surface area contributed by atoms with Crippen molar-refractivity contribution in [3.8, 4) is 0 Å². The van der Waals surface area contributed by atoms with Gasteiger partial charge in [-0.1, -0.05) is 0 Å². The SMILES string of the molecule is CC1(C)OCC(CNC(=O)C(N)CC(=O)O)O1. The van der Waals surface area contributed by atoms with Crippen LogP contribution in [-0.2, 0) is 19.1 Å². The lowest BCUT2D eigenvalue weighted by Gasteiger charge is -2.17. The Morgan fingerprint density at radius 2 is 2.24 bits per heavy atom. The first-order valence-electron chi connectivity index (χ1n) is 5.37. The van der Waals surface area contributed by atoms with Crippen LogP contribution in [0.2, 0.25) is 0 Å². The second kappa shape index (κ2) is 5.44. The van der Waals surface area contributed by atoms with Gasteiger partial charge < -0.3 is 25.6 Å². The molecule has 1 rings (SSSR count). The maximum absolute atomic E-state index is 11.4. The van der Waals surface area contributed by atoms with Gasteiger partial charge in [-0.2, -0.15) is 0 Å². The lowest BCUT2D eigenvalue weighted by Crippen LogP contribution is -2.45. The number of ether oxygens (including phenoxy) is 2. The van der Waals surface area contributed by atoms with E-state index >= 15 is 0 Å². The number of carboxylic acids is 1. The van der Waals surface area contributed by atoms with Crippen molar-refractivity contribution >= 4 is 11.9 Å². The maximum atomic E-state index is 11.4. The van der Waals surface area contributed by atoms with Crippen LogP contribution in [-0.4, -0.2) is 48.1 Å². The molecule has 1 fully saturated rings. The van der Waals surface area contributed by atoms with Gasteiger partial charge in [-0.3, -0.25) is 9.59 Å². The van der Waals surface area contributed by atoms with Gasteiger partial charge in [-0.05, 0) is 13.8 Å². The number of aliphatic carboxylic acids is 1. The summed E-state index contributed by atoms with van der Waals surface area (Å²) in [5.74, 6) is -2.24. The highest BCUT2D eigenvalue weighted by molar-refractivity contribution is 5.85. The molecule has 17 heavy (non-hydrogen) atoms. The normalized spacial score (nSPS) is 24.3. The molecule has 7 heteroatoms. The maximum Gasteiger partial charge on any atom is 0.305 e. The molecule has 0 saturated carbocycles. The van der Waals surface area contributed by atoms with Crippen LogP contribution in [0.4, 0.5) is 0 Å². The molecule has 0 aromatic rings. The predicted molar refractivity (Wildman–Crippen MR) is 58.1 cm³/mol. The van der Waals surface area contributed by atoms with E-state index in [0.29, 0.717) is 6.61 Å². The summed E-state index contributed by atoms with van der Waals surface area (Å²) >= 11 is 0. The van der Waals surface area contributed by atoms with E-state index in [-0.39, 0.29) is 19.1 Å². The number of hydrogen-bond donors (Lipinski definition) is 3. The van der Waals surface area contributed by atoms with E-state index in [1.54, 1.807) is 13.8 Å². The molecule has 0 bridgehead atoms. The first-order chi connectivity index (χ1) is 7.80. The summed E-state index contributed by atoms with van der Waals surface area (Å²) in [6, 6.07) is -1.04. The van der Waals surface area contributed by atoms with Gasteiger partial charge in [-0.25, -0.2) is 0 Å². The number of carboxylic acid groups (broad SMARTS) is 1. The molecule has 98 valence electrons. The van der Waals surface area contributed by atoms with Gasteiger partial charge in [0.25, 0.3) is 0 Å². The molecule has 0 aromatic carbocycles. The van der Waals surface area contributed by atoms with E-state index in [1.807, 2.05) is 0 Å². The van der Waals surface area contributed by atoms with Crippen LogP contribution in [0.1, 0.15) is 20.3 Å². The summed E-state index contributed by atoms with van der Waals surface area (Å²) in [6.07, 6.45) is -0.620. The van der Waals surface area contributed by atoms with Crippen molar-refractivity contribution in [2.24, 2.45) is 5.73 Å². The van der Waals surface area contributed by atoms with Crippen LogP contribution >= 0.6 is 0 Å². The van der Waals surface area contributed by atoms with Crippen molar-refractivity contribution in [1.82, 2.24) is 5.32 Å². The van der Waals surface area contributed by atoms with Crippen molar-refractivity contribution in [2.45, 2.75) is 38.2 Å². The van der Waals surface area contributed by atoms with E-state index in [2.05, 4.69) is 5.32 Å². The molecular weight excluding hydrogens is 228 g/mol. The monoisotopic (exact) mass is 246 g/mol. The Bertz CT molecular complexity index is 305. The fourth-order valence-corrected chi connectivity index (χ4v) is 1.49. The Kier molecular flexibility index (Phi) is 4.44. The third-order valence-corrected chi connectivity index (χ3v) is 2.30. The molecule has 2 unspecified atom stereocenters. The summed E-state index contributed by atoms with van der Waals surface area (Å²) in [5, 5.41) is 11.0. The number of rotatable bonds is 5. The molecule has 7 nitrogen and oxygen atoms in total. The second-order valence-electron chi connectivity index (χ2n) is 4.40. The number of nitrogens with one attached hydrogen (secondary N) is 1. The molecule has 1 aliphatic rings. The third kappa shape index (κ3) is 4.68. The van der Waals surface area contributed by atoms with E-state index in [0.717, 1.165) is 0 Å². The molecule has 2 atom stereocenters. The molecule has 4 N–H and O–H groups in total. The Balaban J connectivity index is 2.27. The molecule has 0 spiro atoms. The zero-order valence-corrected chi connectivity index (χ0v) is 9.93. The highest BCUT2D eigenvalue weighted by Gasteiger charge is 2.32. The van der Waals surface area contributed by atoms with Crippen molar-refractivity contribution in [3.63, 3.8) is 0 Å². The number of nitrogens with two attached hydrogens (primary N) is 1. The van der Waals surface area contributed by atoms with E-state index < -0.39 is 23.7 Å². The Hall–Kier alpha value is -1.18. The minimum Gasteiger partial charge on any atom is -0.481 e. The Morgan fingerprint density at radius 1 is 1.59 bits per heavy atom. The Labute approximate surface area is 99.3 Å². The third-order valence-electron chi connectivity index (χ3n) is 2.30. The van der Waals surface area contributed by atoms with Crippen LogP contribution < -0.4 is 11.1 Å². The zero-order chi connectivity index (χ0) is 13.1. The minimum atomic E-state index is -1.10. The first-order valence-corrected chi connectivity index (χ1v) is 5.37. The summed E-state index contributed by atoms with van der Waals surface area (Å²) in [7, 11) is 0. The molecule has 0 aliphatic carbocycles. The number of carbonyl (C=O) groups excluding carboxylic acids is 1. The predicted octanol–water partition coefficient (Wildman–Crippen LogP) is -0.944. The summed E-state index contributed by atoms with van der Waals surface area (Å²) in [6.45, 7) is 4.22. The van der Waals surface area contributed by atoms with Gasteiger partial charge in [-0.15, -0.1) is 0 Å². The van der Waals surface area contributed by atoms with E-state index in [1.165, 1.54) is 0 Å². The standard InChI is InChI=1S/C10H18N2O5/c1-10(2)16-5-6(17-10)4-12-9(15)7(11)3-8(13)14/h6-7H,3-5,11H2,1-2H3,(H,12,15)(H,13,14). The number of amides is 1. The van der Waals surface area contributed by atoms with Crippen molar-refractivity contribution in [3.05, 3.63) is 0 Å². The minimum absolute atomic E-state index is 0.231. The quantitative estimate of drug-likeness (QED) is 0.577. The fourth-order valence-electron chi connectivity index (χ4n) is 1.49. The zero-order valence-electron chi connectivity index (χ0n) is 9.93. The van der Waals surface area contributed by atoms with Crippen molar-refractivity contribution in [1.29, 1.82) is 0 Å². The molecule has 0 radical (unpaired) electrons. The highest BCUT2D eigenvalue weighted by atomic mass is 16.7. The number of carbonyl (C=O) groups is 2. The molecule has 1 saturated heterocycles. The van der Waals surface area contributed by atoms with Crippen LogP contribution in [0.15, 0.2) is 0 Å². The topological polar surface area (TPSA) is 111 Å². The molecular formula is C10H18N2O5. The summed E-state index contributed by atoms with van der Waals surface area (Å²) in [4.78, 5) is 21.8. The molecule has 1 amide bonds. The molecule has 1 aliphatic heterocycles.